The maximum Gasteiger partial charge on any atom is 0.406 e. The molecular formula is C15H19F3N2O2. The van der Waals surface area contributed by atoms with Crippen molar-refractivity contribution in [2.75, 3.05) is 25.0 Å². The Bertz CT molecular complexity index is 546. The summed E-state index contributed by atoms with van der Waals surface area (Å²) in [4.78, 5) is 12.8. The number of hydrogen-bond donors (Lipinski definition) is 1. The smallest absolute Gasteiger partial charge is 0.406 e. The fourth-order valence-corrected chi connectivity index (χ4v) is 2.50. The van der Waals surface area contributed by atoms with Crippen molar-refractivity contribution < 1.29 is 22.7 Å². The molecule has 0 saturated carbocycles. The Morgan fingerprint density at radius 2 is 2.14 bits per heavy atom. The van der Waals surface area contributed by atoms with E-state index in [4.69, 9.17) is 4.74 Å². The number of hydrogen-bond acceptors (Lipinski definition) is 3. The van der Waals surface area contributed by atoms with Gasteiger partial charge >= 0.3 is 6.18 Å². The zero-order chi connectivity index (χ0) is 16.3. The normalized spacial score (nSPS) is 18.7. The monoisotopic (exact) mass is 316 g/mol. The molecule has 2 rings (SSSR count). The summed E-state index contributed by atoms with van der Waals surface area (Å²) in [7, 11) is 0. The van der Waals surface area contributed by atoms with Crippen molar-refractivity contribution in [3.05, 3.63) is 23.8 Å². The van der Waals surface area contributed by atoms with Gasteiger partial charge in [-0.3, -0.25) is 4.79 Å². The van der Waals surface area contributed by atoms with E-state index in [1.807, 2.05) is 19.9 Å². The van der Waals surface area contributed by atoms with E-state index in [0.717, 1.165) is 16.2 Å². The first kappa shape index (κ1) is 16.5. The molecule has 1 heterocycles. The van der Waals surface area contributed by atoms with Crippen LogP contribution in [-0.2, 0) is 4.79 Å². The topological polar surface area (TPSA) is 41.6 Å². The molecule has 1 N–H and O–H groups in total. The van der Waals surface area contributed by atoms with Gasteiger partial charge in [-0.15, -0.1) is 0 Å². The van der Waals surface area contributed by atoms with Gasteiger partial charge in [-0.25, -0.2) is 0 Å². The number of nitrogens with one attached hydrogen (secondary N) is 1. The molecule has 1 saturated heterocycles. The molecule has 1 fully saturated rings. The second kappa shape index (κ2) is 6.46. The van der Waals surface area contributed by atoms with Crippen LogP contribution in [0.4, 0.5) is 18.9 Å². The van der Waals surface area contributed by atoms with Gasteiger partial charge in [-0.2, -0.15) is 13.2 Å². The SMILES string of the molecule is CCOc1ccc(NC2CCN(CC(F)(F)F)C2=O)cc1C. The Morgan fingerprint density at radius 1 is 1.41 bits per heavy atom. The lowest BCUT2D eigenvalue weighted by Crippen LogP contribution is -2.39. The van der Waals surface area contributed by atoms with Gasteiger partial charge in [0.2, 0.25) is 5.91 Å². The lowest BCUT2D eigenvalue weighted by atomic mass is 10.1. The van der Waals surface area contributed by atoms with Crippen LogP contribution < -0.4 is 10.1 Å². The molecule has 1 amide bonds. The summed E-state index contributed by atoms with van der Waals surface area (Å²) in [6, 6.07) is 4.76. The number of likely N-dealkylation sites (tertiary alicyclic amines) is 1. The van der Waals surface area contributed by atoms with Crippen LogP contribution in [0, 0.1) is 6.92 Å². The van der Waals surface area contributed by atoms with Gasteiger partial charge in [-0.05, 0) is 44.0 Å². The third-order valence-corrected chi connectivity index (χ3v) is 3.48. The van der Waals surface area contributed by atoms with Crippen molar-refractivity contribution in [3.8, 4) is 5.75 Å². The van der Waals surface area contributed by atoms with Crippen molar-refractivity contribution in [2.24, 2.45) is 0 Å². The summed E-state index contributed by atoms with van der Waals surface area (Å²) >= 11 is 0. The first-order chi connectivity index (χ1) is 10.3. The minimum Gasteiger partial charge on any atom is -0.494 e. The predicted molar refractivity (Wildman–Crippen MR) is 77.0 cm³/mol. The van der Waals surface area contributed by atoms with Crippen molar-refractivity contribution >= 4 is 11.6 Å². The predicted octanol–water partition coefficient (Wildman–Crippen LogP) is 2.97. The first-order valence-corrected chi connectivity index (χ1v) is 7.15. The Morgan fingerprint density at radius 3 is 2.73 bits per heavy atom. The molecule has 4 nitrogen and oxygen atoms in total. The van der Waals surface area contributed by atoms with Crippen LogP contribution in [0.15, 0.2) is 18.2 Å². The summed E-state index contributed by atoms with van der Waals surface area (Å²) in [6.45, 7) is 3.25. The number of carbonyl (C=O) groups is 1. The van der Waals surface area contributed by atoms with Gasteiger partial charge in [-0.1, -0.05) is 0 Å². The van der Waals surface area contributed by atoms with E-state index in [1.165, 1.54) is 0 Å². The van der Waals surface area contributed by atoms with E-state index in [2.05, 4.69) is 5.32 Å². The summed E-state index contributed by atoms with van der Waals surface area (Å²) in [5, 5.41) is 3.00. The highest BCUT2D eigenvalue weighted by atomic mass is 19.4. The van der Waals surface area contributed by atoms with Gasteiger partial charge in [0.05, 0.1) is 6.61 Å². The van der Waals surface area contributed by atoms with Gasteiger partial charge in [0.15, 0.2) is 0 Å². The van der Waals surface area contributed by atoms with E-state index >= 15 is 0 Å². The number of anilines is 1. The second-order valence-electron chi connectivity index (χ2n) is 5.27. The Hall–Kier alpha value is -1.92. The summed E-state index contributed by atoms with van der Waals surface area (Å²) in [6.07, 6.45) is -4.00. The quantitative estimate of drug-likeness (QED) is 0.908. The van der Waals surface area contributed by atoms with Crippen molar-refractivity contribution in [1.29, 1.82) is 0 Å². The molecule has 1 aliphatic rings. The van der Waals surface area contributed by atoms with Crippen molar-refractivity contribution in [3.63, 3.8) is 0 Å². The number of amides is 1. The van der Waals surface area contributed by atoms with Gasteiger partial charge in [0.25, 0.3) is 0 Å². The molecule has 0 aliphatic carbocycles. The highest BCUT2D eigenvalue weighted by Crippen LogP contribution is 2.25. The molecule has 1 aromatic carbocycles. The van der Waals surface area contributed by atoms with Crippen LogP contribution in [0.25, 0.3) is 0 Å². The Balaban J connectivity index is 2.00. The third kappa shape index (κ3) is 4.05. The molecule has 0 bridgehead atoms. The molecule has 0 aromatic heterocycles. The van der Waals surface area contributed by atoms with E-state index in [1.54, 1.807) is 12.1 Å². The van der Waals surface area contributed by atoms with Gasteiger partial charge < -0.3 is 15.0 Å². The molecule has 1 aromatic rings. The van der Waals surface area contributed by atoms with Crippen LogP contribution in [0.3, 0.4) is 0 Å². The fraction of sp³-hybridized carbons (Fsp3) is 0.533. The lowest BCUT2D eigenvalue weighted by Gasteiger charge is -2.19. The molecule has 7 heteroatoms. The summed E-state index contributed by atoms with van der Waals surface area (Å²) < 4.78 is 42.6. The maximum atomic E-state index is 12.4. The number of benzene rings is 1. The number of rotatable bonds is 5. The molecule has 1 unspecified atom stereocenters. The Labute approximate surface area is 127 Å². The molecule has 1 atom stereocenters. The minimum absolute atomic E-state index is 0.117. The van der Waals surface area contributed by atoms with E-state index in [0.29, 0.717) is 18.7 Å². The second-order valence-corrected chi connectivity index (χ2v) is 5.27. The van der Waals surface area contributed by atoms with Crippen molar-refractivity contribution in [2.45, 2.75) is 32.5 Å². The average Bonchev–Trinajstić information content (AvgIpc) is 2.73. The third-order valence-electron chi connectivity index (χ3n) is 3.48. The number of halogens is 3. The highest BCUT2D eigenvalue weighted by molar-refractivity contribution is 5.86. The number of ether oxygens (including phenoxy) is 1. The molecule has 0 spiro atoms. The minimum atomic E-state index is -4.36. The molecule has 0 radical (unpaired) electrons. The summed E-state index contributed by atoms with van der Waals surface area (Å²) in [5.74, 6) is 0.244. The van der Waals surface area contributed by atoms with E-state index < -0.39 is 24.7 Å². The molecule has 22 heavy (non-hydrogen) atoms. The van der Waals surface area contributed by atoms with Crippen LogP contribution in [0.2, 0.25) is 0 Å². The number of alkyl halides is 3. The van der Waals surface area contributed by atoms with Crippen molar-refractivity contribution in [1.82, 2.24) is 4.90 Å². The van der Waals surface area contributed by atoms with E-state index in [9.17, 15) is 18.0 Å². The first-order valence-electron chi connectivity index (χ1n) is 7.15. The van der Waals surface area contributed by atoms with Crippen LogP contribution in [0.1, 0.15) is 18.9 Å². The lowest BCUT2D eigenvalue weighted by molar-refractivity contribution is -0.157. The molecular weight excluding hydrogens is 297 g/mol. The largest absolute Gasteiger partial charge is 0.494 e. The zero-order valence-corrected chi connectivity index (χ0v) is 12.5. The maximum absolute atomic E-state index is 12.4. The van der Waals surface area contributed by atoms with E-state index in [-0.39, 0.29) is 6.54 Å². The number of carbonyl (C=O) groups excluding carboxylic acids is 1. The molecule has 1 aliphatic heterocycles. The zero-order valence-electron chi connectivity index (χ0n) is 12.5. The highest BCUT2D eigenvalue weighted by Gasteiger charge is 2.39. The van der Waals surface area contributed by atoms with Gasteiger partial charge in [0.1, 0.15) is 18.3 Å². The van der Waals surface area contributed by atoms with Crippen LogP contribution >= 0.6 is 0 Å². The average molecular weight is 316 g/mol. The number of nitrogens with zero attached hydrogens (tertiary/aromatic N) is 1. The van der Waals surface area contributed by atoms with Crippen LogP contribution in [0.5, 0.6) is 5.75 Å². The number of aryl methyl sites for hydroxylation is 1. The standard InChI is InChI=1S/C15H19F3N2O2/c1-3-22-13-5-4-11(8-10(13)2)19-12-6-7-20(14(12)21)9-15(16,17)18/h4-5,8,12,19H,3,6-7,9H2,1-2H3. The summed E-state index contributed by atoms with van der Waals surface area (Å²) in [5.41, 5.74) is 1.61. The van der Waals surface area contributed by atoms with Crippen LogP contribution in [-0.4, -0.2) is 42.7 Å². The fourth-order valence-electron chi connectivity index (χ4n) is 2.50. The van der Waals surface area contributed by atoms with Gasteiger partial charge in [0, 0.05) is 12.2 Å². The molecule has 122 valence electrons. The Kier molecular flexibility index (Phi) is 4.83.